The fraction of sp³-hybridized carbons (Fsp3) is 0.364. The maximum Gasteiger partial charge on any atom is 0.303 e. The topological polar surface area (TPSA) is 67.9 Å². The van der Waals surface area contributed by atoms with Gasteiger partial charge in [-0.15, -0.1) is 17.8 Å². The van der Waals surface area contributed by atoms with Crippen molar-refractivity contribution in [2.24, 2.45) is 0 Å². The van der Waals surface area contributed by atoms with E-state index in [0.717, 1.165) is 30.6 Å². The molecule has 1 heterocycles. The van der Waals surface area contributed by atoms with E-state index in [1.807, 2.05) is 17.5 Å². The van der Waals surface area contributed by atoms with Crippen LogP contribution in [0.2, 0.25) is 0 Å². The monoisotopic (exact) mass is 412 g/mol. The number of rotatable bonds is 7. The molecule has 0 aliphatic heterocycles. The van der Waals surface area contributed by atoms with Crippen LogP contribution in [0.3, 0.4) is 0 Å². The summed E-state index contributed by atoms with van der Waals surface area (Å²) >= 11 is 1.41. The Bertz CT molecular complexity index is 898. The highest BCUT2D eigenvalue weighted by Gasteiger charge is 2.34. The maximum atomic E-state index is 13.3. The van der Waals surface area contributed by atoms with Crippen LogP contribution in [-0.4, -0.2) is 32.1 Å². The van der Waals surface area contributed by atoms with Crippen LogP contribution in [0.5, 0.6) is 11.5 Å². The number of terminal acetylenes is 1. The number of hydrogen-bond acceptors (Lipinski definition) is 5. The van der Waals surface area contributed by atoms with E-state index in [0.29, 0.717) is 17.2 Å². The molecule has 152 valence electrons. The first kappa shape index (κ1) is 20.7. The van der Waals surface area contributed by atoms with Crippen molar-refractivity contribution in [1.29, 1.82) is 0 Å². The number of nitrogens with zero attached hydrogens (tertiary/aromatic N) is 1. The molecule has 1 aromatic heterocycles. The van der Waals surface area contributed by atoms with Crippen molar-refractivity contribution in [3.8, 4) is 23.8 Å². The van der Waals surface area contributed by atoms with Gasteiger partial charge in [0.15, 0.2) is 17.5 Å². The molecule has 3 rings (SSSR count). The van der Waals surface area contributed by atoms with E-state index in [1.165, 1.54) is 30.5 Å². The van der Waals surface area contributed by atoms with Crippen LogP contribution in [0.15, 0.2) is 35.7 Å². The second-order valence-electron chi connectivity index (χ2n) is 6.77. The van der Waals surface area contributed by atoms with Crippen LogP contribution >= 0.6 is 11.3 Å². The Morgan fingerprint density at radius 3 is 2.52 bits per heavy atom. The summed E-state index contributed by atoms with van der Waals surface area (Å²) in [6.45, 7) is 0. The van der Waals surface area contributed by atoms with E-state index in [4.69, 9.17) is 15.9 Å². The highest BCUT2D eigenvalue weighted by atomic mass is 32.1. The maximum absolute atomic E-state index is 13.3. The first-order valence-electron chi connectivity index (χ1n) is 9.44. The number of ether oxygens (including phenoxy) is 2. The van der Waals surface area contributed by atoms with Gasteiger partial charge in [0.25, 0.3) is 0 Å². The van der Waals surface area contributed by atoms with Crippen molar-refractivity contribution >= 4 is 28.8 Å². The second kappa shape index (κ2) is 9.48. The third-order valence-corrected chi connectivity index (χ3v) is 5.93. The fourth-order valence-corrected chi connectivity index (χ4v) is 4.41. The molecule has 1 aliphatic carbocycles. The number of methoxy groups -OCH3 is 2. The summed E-state index contributed by atoms with van der Waals surface area (Å²) in [5, 5.41) is 4.97. The summed E-state index contributed by atoms with van der Waals surface area (Å²) in [5.74, 6) is 2.29. The lowest BCUT2D eigenvalue weighted by molar-refractivity contribution is -0.125. The SMILES string of the molecule is C#CC(=O)N(c1ccc(OC)c(OC)c1)[C@@H](C(=O)NC1CCCC1)c1cccs1. The molecule has 1 fully saturated rings. The van der Waals surface area contributed by atoms with Crippen molar-refractivity contribution in [2.45, 2.75) is 37.8 Å². The van der Waals surface area contributed by atoms with Gasteiger partial charge in [-0.25, -0.2) is 0 Å². The number of benzene rings is 1. The van der Waals surface area contributed by atoms with Crippen LogP contribution in [0.25, 0.3) is 0 Å². The smallest absolute Gasteiger partial charge is 0.303 e. The number of carbonyl (C=O) groups is 2. The molecule has 6 nitrogen and oxygen atoms in total. The Balaban J connectivity index is 2.04. The molecule has 0 bridgehead atoms. The van der Waals surface area contributed by atoms with E-state index in [1.54, 1.807) is 18.2 Å². The van der Waals surface area contributed by atoms with Crippen LogP contribution in [0, 0.1) is 12.3 Å². The summed E-state index contributed by atoms with van der Waals surface area (Å²) in [7, 11) is 3.05. The van der Waals surface area contributed by atoms with Gasteiger partial charge in [0, 0.05) is 22.7 Å². The van der Waals surface area contributed by atoms with Gasteiger partial charge in [0.1, 0.15) is 0 Å². The third kappa shape index (κ3) is 4.54. The number of hydrogen-bond donors (Lipinski definition) is 1. The van der Waals surface area contributed by atoms with Gasteiger partial charge in [-0.1, -0.05) is 18.9 Å². The summed E-state index contributed by atoms with van der Waals surface area (Å²) < 4.78 is 10.6. The molecule has 1 aliphatic rings. The van der Waals surface area contributed by atoms with E-state index < -0.39 is 11.9 Å². The van der Waals surface area contributed by atoms with Crippen molar-refractivity contribution in [3.63, 3.8) is 0 Å². The second-order valence-corrected chi connectivity index (χ2v) is 7.75. The van der Waals surface area contributed by atoms with E-state index >= 15 is 0 Å². The Labute approximate surface area is 174 Å². The Morgan fingerprint density at radius 1 is 1.21 bits per heavy atom. The van der Waals surface area contributed by atoms with E-state index in [2.05, 4.69) is 11.2 Å². The van der Waals surface area contributed by atoms with Gasteiger partial charge in [0.05, 0.1) is 14.2 Å². The summed E-state index contributed by atoms with van der Waals surface area (Å²) in [4.78, 5) is 28.2. The molecular weight excluding hydrogens is 388 g/mol. The molecular formula is C22H24N2O4S. The zero-order valence-electron chi connectivity index (χ0n) is 16.5. The minimum atomic E-state index is -0.864. The summed E-state index contributed by atoms with van der Waals surface area (Å²) in [6, 6.07) is 7.97. The number of carbonyl (C=O) groups excluding carboxylic acids is 2. The van der Waals surface area contributed by atoms with Gasteiger partial charge in [0.2, 0.25) is 5.91 Å². The first-order valence-corrected chi connectivity index (χ1v) is 10.3. The lowest BCUT2D eigenvalue weighted by atomic mass is 10.1. The molecule has 7 heteroatoms. The van der Waals surface area contributed by atoms with Gasteiger partial charge < -0.3 is 14.8 Å². The Kier molecular flexibility index (Phi) is 6.78. The van der Waals surface area contributed by atoms with Gasteiger partial charge >= 0.3 is 5.91 Å². The molecule has 0 radical (unpaired) electrons. The quantitative estimate of drug-likeness (QED) is 0.707. The van der Waals surface area contributed by atoms with E-state index in [-0.39, 0.29) is 11.9 Å². The number of amides is 2. The molecule has 0 spiro atoms. The van der Waals surface area contributed by atoms with Crippen LogP contribution in [-0.2, 0) is 9.59 Å². The number of thiophene rings is 1. The molecule has 0 saturated heterocycles. The third-order valence-electron chi connectivity index (χ3n) is 5.01. The average molecular weight is 413 g/mol. The minimum absolute atomic E-state index is 0.123. The normalized spacial score (nSPS) is 14.7. The zero-order chi connectivity index (χ0) is 20.8. The van der Waals surface area contributed by atoms with Crippen molar-refractivity contribution in [2.75, 3.05) is 19.1 Å². The Hall–Kier alpha value is -2.98. The lowest BCUT2D eigenvalue weighted by Gasteiger charge is -2.30. The molecule has 1 aromatic carbocycles. The zero-order valence-corrected chi connectivity index (χ0v) is 17.3. The predicted molar refractivity (Wildman–Crippen MR) is 113 cm³/mol. The molecule has 2 aromatic rings. The molecule has 2 amide bonds. The number of anilines is 1. The van der Waals surface area contributed by atoms with Crippen molar-refractivity contribution in [3.05, 3.63) is 40.6 Å². The molecule has 1 N–H and O–H groups in total. The van der Waals surface area contributed by atoms with Crippen LogP contribution < -0.4 is 19.7 Å². The van der Waals surface area contributed by atoms with Gasteiger partial charge in [-0.05, 0) is 42.3 Å². The highest BCUT2D eigenvalue weighted by Crippen LogP contribution is 2.36. The Morgan fingerprint density at radius 2 is 1.93 bits per heavy atom. The largest absolute Gasteiger partial charge is 0.493 e. The fourth-order valence-electron chi connectivity index (χ4n) is 3.60. The minimum Gasteiger partial charge on any atom is -0.493 e. The first-order chi connectivity index (χ1) is 14.1. The average Bonchev–Trinajstić information content (AvgIpc) is 3.45. The van der Waals surface area contributed by atoms with Crippen molar-refractivity contribution in [1.82, 2.24) is 5.32 Å². The van der Waals surface area contributed by atoms with Crippen LogP contribution in [0.4, 0.5) is 5.69 Å². The molecule has 0 unspecified atom stereocenters. The highest BCUT2D eigenvalue weighted by molar-refractivity contribution is 7.10. The van der Waals surface area contributed by atoms with Crippen LogP contribution in [0.1, 0.15) is 36.6 Å². The standard InChI is InChI=1S/C22H24N2O4S/c1-4-20(25)24(16-11-12-17(27-2)18(14-16)28-3)21(19-10-7-13-29-19)22(26)23-15-8-5-6-9-15/h1,7,10-15,21H,5-6,8-9H2,2-3H3,(H,23,26)/t21-/m1/s1. The predicted octanol–water partition coefficient (Wildman–Crippen LogP) is 3.53. The lowest BCUT2D eigenvalue weighted by Crippen LogP contribution is -2.45. The van der Waals surface area contributed by atoms with Crippen molar-refractivity contribution < 1.29 is 19.1 Å². The molecule has 1 atom stereocenters. The number of nitrogens with one attached hydrogen (secondary N) is 1. The summed E-state index contributed by atoms with van der Waals surface area (Å²) in [5.41, 5.74) is 0.463. The van der Waals surface area contributed by atoms with Gasteiger partial charge in [-0.3, -0.25) is 14.5 Å². The summed E-state index contributed by atoms with van der Waals surface area (Å²) in [6.07, 6.45) is 9.55. The molecule has 1 saturated carbocycles. The molecule has 29 heavy (non-hydrogen) atoms. The van der Waals surface area contributed by atoms with Gasteiger partial charge in [-0.2, -0.15) is 0 Å². The van der Waals surface area contributed by atoms with E-state index in [9.17, 15) is 9.59 Å².